The van der Waals surface area contributed by atoms with Crippen molar-refractivity contribution in [2.45, 2.75) is 57.0 Å². The summed E-state index contributed by atoms with van der Waals surface area (Å²) in [6.45, 7) is 2.27. The highest BCUT2D eigenvalue weighted by Crippen LogP contribution is 2.58. The molecule has 1 aliphatic carbocycles. The first-order valence-corrected chi connectivity index (χ1v) is 17.4. The number of nitrogens with zero attached hydrogens (tertiary/aromatic N) is 5. The second-order valence-corrected chi connectivity index (χ2v) is 14.6. The number of anilines is 2. The molecule has 0 amide bonds. The maximum atomic E-state index is 16.1. The lowest BCUT2D eigenvalue weighted by Gasteiger charge is -2.49. The van der Waals surface area contributed by atoms with Gasteiger partial charge in [0.1, 0.15) is 22.8 Å². The number of phenolic OH excluding ortho intramolecular Hbond substituents is 5. The standard InChI is InChI=1S/C36H39F6N5O6/c37-22(23-15-43-16-25(44-23)46-13-9-35(38,39)19-46)14-21-4-5-24(53-33-31(51)29(49)28(48)30(50)32(33)52)26(36(40,41)42)27(21)47-10-1-6-34(18-47)7-11-45(12-8-34)17-20-2-3-20/h4-5,14-16,20,48-52H,1-3,6-13,17-19H2/b22-14-. The maximum absolute atomic E-state index is 16.1. The van der Waals surface area contributed by atoms with Crippen LogP contribution in [0, 0.1) is 11.3 Å². The van der Waals surface area contributed by atoms with Gasteiger partial charge >= 0.3 is 6.18 Å². The lowest BCUT2D eigenvalue weighted by atomic mass is 9.72. The molecule has 3 aliphatic heterocycles. The van der Waals surface area contributed by atoms with Gasteiger partial charge in [0, 0.05) is 38.2 Å². The van der Waals surface area contributed by atoms with Gasteiger partial charge in [-0.15, -0.1) is 0 Å². The van der Waals surface area contributed by atoms with Gasteiger partial charge in [0.25, 0.3) is 5.92 Å². The number of halogens is 6. The number of rotatable bonds is 8. The number of hydrogen-bond acceptors (Lipinski definition) is 11. The van der Waals surface area contributed by atoms with Gasteiger partial charge < -0.3 is 45.0 Å². The summed E-state index contributed by atoms with van der Waals surface area (Å²) >= 11 is 0. The number of hydrogen-bond donors (Lipinski definition) is 5. The van der Waals surface area contributed by atoms with Gasteiger partial charge in [-0.2, -0.15) is 13.2 Å². The largest absolute Gasteiger partial charge is 0.502 e. The number of piperidine rings is 2. The first-order chi connectivity index (χ1) is 25.0. The molecule has 11 nitrogen and oxygen atoms in total. The van der Waals surface area contributed by atoms with Crippen LogP contribution in [0.4, 0.5) is 37.8 Å². The van der Waals surface area contributed by atoms with Gasteiger partial charge in [-0.25, -0.2) is 18.2 Å². The van der Waals surface area contributed by atoms with E-state index in [1.54, 1.807) is 0 Å². The first-order valence-electron chi connectivity index (χ1n) is 17.4. The van der Waals surface area contributed by atoms with Crippen LogP contribution in [0.3, 0.4) is 0 Å². The highest BCUT2D eigenvalue weighted by Gasteiger charge is 2.45. The maximum Gasteiger partial charge on any atom is 0.422 e. The first kappa shape index (κ1) is 36.6. The molecule has 3 saturated heterocycles. The zero-order valence-corrected chi connectivity index (χ0v) is 28.5. The fourth-order valence-electron chi connectivity index (χ4n) is 7.72. The Morgan fingerprint density at radius 3 is 2.15 bits per heavy atom. The van der Waals surface area contributed by atoms with Gasteiger partial charge in [-0.05, 0) is 81.2 Å². The van der Waals surface area contributed by atoms with Gasteiger partial charge in [-0.3, -0.25) is 4.98 Å². The van der Waals surface area contributed by atoms with Crippen molar-refractivity contribution >= 4 is 23.4 Å². The Morgan fingerprint density at radius 2 is 1.53 bits per heavy atom. The van der Waals surface area contributed by atoms with Crippen LogP contribution in [0.25, 0.3) is 11.9 Å². The molecule has 1 aromatic heterocycles. The second kappa shape index (κ2) is 13.6. The van der Waals surface area contributed by atoms with E-state index in [-0.39, 0.29) is 42.1 Å². The summed E-state index contributed by atoms with van der Waals surface area (Å²) in [7, 11) is 0. The molecule has 4 fully saturated rings. The molecule has 3 aromatic rings. The van der Waals surface area contributed by atoms with E-state index in [1.165, 1.54) is 28.8 Å². The molecule has 0 bridgehead atoms. The van der Waals surface area contributed by atoms with Gasteiger partial charge in [-0.1, -0.05) is 0 Å². The number of likely N-dealkylation sites (tertiary alicyclic amines) is 1. The van der Waals surface area contributed by atoms with Crippen molar-refractivity contribution < 1.29 is 56.6 Å². The fraction of sp³-hybridized carbons (Fsp3) is 0.500. The molecule has 5 N–H and O–H groups in total. The lowest BCUT2D eigenvalue weighted by Crippen LogP contribution is -2.50. The third-order valence-electron chi connectivity index (χ3n) is 10.7. The van der Waals surface area contributed by atoms with Crippen molar-refractivity contribution in [1.82, 2.24) is 14.9 Å². The van der Waals surface area contributed by atoms with Crippen molar-refractivity contribution in [2.75, 3.05) is 55.6 Å². The minimum absolute atomic E-state index is 0.0193. The summed E-state index contributed by atoms with van der Waals surface area (Å²) in [5.74, 6) is -12.2. The van der Waals surface area contributed by atoms with Crippen LogP contribution in [0.2, 0.25) is 0 Å². The molecule has 286 valence electrons. The van der Waals surface area contributed by atoms with Crippen LogP contribution in [0.1, 0.15) is 61.8 Å². The smallest absolute Gasteiger partial charge is 0.422 e. The number of aromatic nitrogens is 2. The monoisotopic (exact) mass is 751 g/mol. The summed E-state index contributed by atoms with van der Waals surface area (Å²) in [6.07, 6.45) is 2.69. The van der Waals surface area contributed by atoms with Crippen LogP contribution in [-0.2, 0) is 6.18 Å². The number of benzene rings is 2. The highest BCUT2D eigenvalue weighted by molar-refractivity contribution is 5.84. The molecule has 17 heteroatoms. The van der Waals surface area contributed by atoms with Crippen molar-refractivity contribution in [2.24, 2.45) is 11.3 Å². The molecule has 0 radical (unpaired) electrons. The topological polar surface area (TPSA) is 146 Å². The number of alkyl halides is 5. The zero-order valence-electron chi connectivity index (χ0n) is 28.5. The van der Waals surface area contributed by atoms with Crippen LogP contribution in [-0.4, -0.2) is 92.1 Å². The Kier molecular flexibility index (Phi) is 9.35. The van der Waals surface area contributed by atoms with Gasteiger partial charge in [0.2, 0.25) is 34.5 Å². The number of aromatic hydroxyl groups is 5. The highest BCUT2D eigenvalue weighted by atomic mass is 19.4. The Morgan fingerprint density at radius 1 is 0.849 bits per heavy atom. The van der Waals surface area contributed by atoms with Crippen molar-refractivity contribution in [3.63, 3.8) is 0 Å². The van der Waals surface area contributed by atoms with Crippen LogP contribution in [0.5, 0.6) is 40.2 Å². The van der Waals surface area contributed by atoms with Crippen LogP contribution < -0.4 is 14.5 Å². The quantitative estimate of drug-likeness (QED) is 0.0904. The van der Waals surface area contributed by atoms with Crippen LogP contribution in [0.15, 0.2) is 24.5 Å². The summed E-state index contributed by atoms with van der Waals surface area (Å²) in [4.78, 5) is 13.3. The van der Waals surface area contributed by atoms with E-state index in [0.717, 1.165) is 63.3 Å². The van der Waals surface area contributed by atoms with Gasteiger partial charge in [0.05, 0.1) is 24.6 Å². The average Bonchev–Trinajstić information content (AvgIpc) is 3.87. The molecule has 53 heavy (non-hydrogen) atoms. The summed E-state index contributed by atoms with van der Waals surface area (Å²) < 4.78 is 95.4. The van der Waals surface area contributed by atoms with Crippen molar-refractivity contribution in [1.29, 1.82) is 0 Å². The van der Waals surface area contributed by atoms with E-state index in [9.17, 15) is 34.3 Å². The minimum atomic E-state index is -5.18. The minimum Gasteiger partial charge on any atom is -0.502 e. The lowest BCUT2D eigenvalue weighted by molar-refractivity contribution is -0.138. The molecule has 0 unspecified atom stereocenters. The predicted molar refractivity (Wildman–Crippen MR) is 181 cm³/mol. The van der Waals surface area contributed by atoms with E-state index in [2.05, 4.69) is 14.9 Å². The summed E-state index contributed by atoms with van der Waals surface area (Å²) in [6, 6.07) is 1.97. The molecule has 1 saturated carbocycles. The van der Waals surface area contributed by atoms with Crippen molar-refractivity contribution in [3.8, 4) is 40.2 Å². The van der Waals surface area contributed by atoms with E-state index < -0.39 is 82.4 Å². The summed E-state index contributed by atoms with van der Waals surface area (Å²) in [5, 5.41) is 50.7. The molecule has 7 rings (SSSR count). The van der Waals surface area contributed by atoms with E-state index in [4.69, 9.17) is 4.74 Å². The summed E-state index contributed by atoms with van der Waals surface area (Å²) in [5.41, 5.74) is -2.80. The predicted octanol–water partition coefficient (Wildman–Crippen LogP) is 7.22. The zero-order chi connectivity index (χ0) is 37.9. The third kappa shape index (κ3) is 7.39. The molecular weight excluding hydrogens is 712 g/mol. The molecule has 4 heterocycles. The van der Waals surface area contributed by atoms with Crippen molar-refractivity contribution in [3.05, 3.63) is 41.3 Å². The molecular formula is C36H39F6N5O6. The Labute approximate surface area is 300 Å². The number of ether oxygens (including phenoxy) is 1. The molecule has 2 aromatic carbocycles. The fourth-order valence-corrected chi connectivity index (χ4v) is 7.72. The van der Waals surface area contributed by atoms with E-state index in [1.807, 2.05) is 0 Å². The van der Waals surface area contributed by atoms with E-state index in [0.29, 0.717) is 12.3 Å². The molecule has 4 aliphatic rings. The van der Waals surface area contributed by atoms with Crippen LogP contribution >= 0.6 is 0 Å². The Bertz CT molecular complexity index is 1890. The number of phenols is 5. The normalized spacial score (nSPS) is 20.7. The van der Waals surface area contributed by atoms with Gasteiger partial charge in [0.15, 0.2) is 5.83 Å². The Hall–Kier alpha value is -4.80. The molecule has 0 atom stereocenters. The SMILES string of the molecule is Oc1c(O)c(O)c(Oc2ccc(/C=C(\F)c3cncc(N4CCC(F)(F)C4)n3)c(N3CCCC4(CCN(CC5CC5)CC4)C3)c2C(F)(F)F)c(O)c1O. The Balaban J connectivity index is 1.31. The third-order valence-corrected chi connectivity index (χ3v) is 10.7. The van der Waals surface area contributed by atoms with E-state index >= 15 is 17.6 Å². The average molecular weight is 752 g/mol. The second-order valence-electron chi connectivity index (χ2n) is 14.6. The molecule has 1 spiro atoms.